The quantitative estimate of drug-likeness (QED) is 0.544. The molecule has 1 N–H and O–H groups in total. The molecular formula is C25H27ClN2O. The number of amides is 1. The molecule has 5 rings (SSSR count). The summed E-state index contributed by atoms with van der Waals surface area (Å²) in [6.45, 7) is 0.769. The molecule has 1 aromatic heterocycles. The molecule has 1 saturated carbocycles. The van der Waals surface area contributed by atoms with Crippen molar-refractivity contribution in [3.8, 4) is 0 Å². The van der Waals surface area contributed by atoms with Crippen LogP contribution in [0.4, 0.5) is 0 Å². The van der Waals surface area contributed by atoms with Crippen LogP contribution in [0.5, 0.6) is 0 Å². The van der Waals surface area contributed by atoms with Crippen molar-refractivity contribution < 1.29 is 4.79 Å². The van der Waals surface area contributed by atoms with Crippen LogP contribution in [-0.2, 0) is 11.2 Å². The minimum atomic E-state index is -0.0699. The summed E-state index contributed by atoms with van der Waals surface area (Å²) in [5.74, 6) is 1.02. The van der Waals surface area contributed by atoms with E-state index in [2.05, 4.69) is 46.3 Å². The second-order valence-electron chi connectivity index (χ2n) is 8.54. The number of rotatable bonds is 4. The van der Waals surface area contributed by atoms with Crippen molar-refractivity contribution in [3.05, 3.63) is 70.4 Å². The summed E-state index contributed by atoms with van der Waals surface area (Å²) >= 11 is 6.15. The van der Waals surface area contributed by atoms with Crippen molar-refractivity contribution in [2.45, 2.75) is 51.0 Å². The van der Waals surface area contributed by atoms with Gasteiger partial charge in [0.05, 0.1) is 6.04 Å². The van der Waals surface area contributed by atoms with E-state index >= 15 is 0 Å². The number of carbonyl (C=O) groups excluding carboxylic acids is 1. The number of carbonyl (C=O) groups is 1. The summed E-state index contributed by atoms with van der Waals surface area (Å²) in [7, 11) is 0. The minimum Gasteiger partial charge on any atom is -0.356 e. The van der Waals surface area contributed by atoms with Crippen LogP contribution in [0.15, 0.2) is 48.5 Å². The van der Waals surface area contributed by atoms with Crippen molar-refractivity contribution >= 4 is 28.4 Å². The number of fused-ring (bicyclic) bond motifs is 3. The molecule has 0 spiro atoms. The summed E-state index contributed by atoms with van der Waals surface area (Å²) in [6, 6.07) is 16.4. The molecule has 1 amide bonds. The first-order valence-electron chi connectivity index (χ1n) is 10.8. The van der Waals surface area contributed by atoms with E-state index in [1.807, 2.05) is 12.1 Å². The summed E-state index contributed by atoms with van der Waals surface area (Å²) in [6.07, 6.45) is 7.83. The second kappa shape index (κ2) is 7.87. The fourth-order valence-corrected chi connectivity index (χ4v) is 5.40. The van der Waals surface area contributed by atoms with Gasteiger partial charge in [-0.15, -0.1) is 0 Å². The van der Waals surface area contributed by atoms with Crippen LogP contribution in [0, 0.1) is 5.92 Å². The van der Waals surface area contributed by atoms with E-state index in [0.717, 1.165) is 47.1 Å². The van der Waals surface area contributed by atoms with Gasteiger partial charge in [0, 0.05) is 34.6 Å². The first-order chi connectivity index (χ1) is 14.2. The van der Waals surface area contributed by atoms with Crippen LogP contribution >= 0.6 is 11.6 Å². The van der Waals surface area contributed by atoms with Crippen LogP contribution in [0.1, 0.15) is 61.4 Å². The zero-order chi connectivity index (χ0) is 19.8. The van der Waals surface area contributed by atoms with Gasteiger partial charge >= 0.3 is 0 Å². The highest BCUT2D eigenvalue weighted by atomic mass is 35.5. The van der Waals surface area contributed by atoms with Gasteiger partial charge in [-0.05, 0) is 48.1 Å². The summed E-state index contributed by atoms with van der Waals surface area (Å²) in [4.78, 5) is 19.0. The van der Waals surface area contributed by atoms with Gasteiger partial charge in [-0.2, -0.15) is 0 Å². The van der Waals surface area contributed by atoms with Gasteiger partial charge in [-0.1, -0.05) is 67.6 Å². The minimum absolute atomic E-state index is 0.0699. The maximum absolute atomic E-state index is 13.3. The number of hydrogen-bond donors (Lipinski definition) is 1. The standard InChI is InChI=1S/C25H27ClN2O/c26-19-12-10-18(11-13-19)25-24-21(20-7-3-4-8-22(20)27-24)15-16-28(25)23(29)14-9-17-5-1-2-6-17/h3-4,7-8,10-13,17,25,27H,1-2,5-6,9,14-16H2/t25-/m1/s1. The lowest BCUT2D eigenvalue weighted by atomic mass is 9.91. The third-order valence-electron chi connectivity index (χ3n) is 6.78. The molecule has 0 radical (unpaired) electrons. The van der Waals surface area contributed by atoms with Crippen LogP contribution in [0.3, 0.4) is 0 Å². The van der Waals surface area contributed by atoms with Gasteiger partial charge in [-0.25, -0.2) is 0 Å². The average Bonchev–Trinajstić information content (AvgIpc) is 3.39. The number of nitrogens with one attached hydrogen (secondary N) is 1. The molecule has 2 aromatic carbocycles. The number of halogens is 1. The Morgan fingerprint density at radius 2 is 1.83 bits per heavy atom. The van der Waals surface area contributed by atoms with Crippen molar-refractivity contribution in [1.82, 2.24) is 9.88 Å². The molecule has 3 nitrogen and oxygen atoms in total. The smallest absolute Gasteiger partial charge is 0.223 e. The Morgan fingerprint density at radius 1 is 1.07 bits per heavy atom. The zero-order valence-corrected chi connectivity index (χ0v) is 17.4. The number of H-pyrrole nitrogens is 1. The van der Waals surface area contributed by atoms with Gasteiger partial charge < -0.3 is 9.88 Å². The van der Waals surface area contributed by atoms with Gasteiger partial charge in [-0.3, -0.25) is 4.79 Å². The summed E-state index contributed by atoms with van der Waals surface area (Å²) in [5.41, 5.74) is 4.78. The molecule has 0 unspecified atom stereocenters. The van der Waals surface area contributed by atoms with Crippen molar-refractivity contribution in [3.63, 3.8) is 0 Å². The third-order valence-corrected chi connectivity index (χ3v) is 7.03. The fraction of sp³-hybridized carbons (Fsp3) is 0.400. The molecule has 29 heavy (non-hydrogen) atoms. The van der Waals surface area contributed by atoms with E-state index in [-0.39, 0.29) is 11.9 Å². The van der Waals surface area contributed by atoms with Crippen LogP contribution in [0.2, 0.25) is 5.02 Å². The van der Waals surface area contributed by atoms with E-state index in [9.17, 15) is 4.79 Å². The normalized spacial score (nSPS) is 19.6. The first kappa shape index (κ1) is 18.7. The van der Waals surface area contributed by atoms with Gasteiger partial charge in [0.1, 0.15) is 0 Å². The van der Waals surface area contributed by atoms with Gasteiger partial charge in [0.15, 0.2) is 0 Å². The molecule has 150 valence electrons. The molecule has 3 aromatic rings. The monoisotopic (exact) mass is 406 g/mol. The highest BCUT2D eigenvalue weighted by molar-refractivity contribution is 6.30. The molecular weight excluding hydrogens is 380 g/mol. The van der Waals surface area contributed by atoms with Crippen LogP contribution < -0.4 is 0 Å². The van der Waals surface area contributed by atoms with Crippen LogP contribution in [0.25, 0.3) is 10.9 Å². The third kappa shape index (κ3) is 3.57. The number of nitrogens with zero attached hydrogens (tertiary/aromatic N) is 1. The van der Waals surface area contributed by atoms with Crippen molar-refractivity contribution in [1.29, 1.82) is 0 Å². The Balaban J connectivity index is 1.50. The Morgan fingerprint density at radius 3 is 2.62 bits per heavy atom. The molecule has 2 heterocycles. The molecule has 2 aliphatic rings. The number of benzene rings is 2. The largest absolute Gasteiger partial charge is 0.356 e. The molecule has 1 atom stereocenters. The Kier molecular flexibility index (Phi) is 5.09. The average molecular weight is 407 g/mol. The van der Waals surface area contributed by atoms with Crippen molar-refractivity contribution in [2.75, 3.05) is 6.54 Å². The lowest BCUT2D eigenvalue weighted by Crippen LogP contribution is -2.40. The fourth-order valence-electron chi connectivity index (χ4n) is 5.27. The van der Waals surface area contributed by atoms with E-state index in [0.29, 0.717) is 6.42 Å². The predicted molar refractivity (Wildman–Crippen MR) is 118 cm³/mol. The molecule has 1 aliphatic carbocycles. The Bertz CT molecular complexity index is 1020. The van der Waals surface area contributed by atoms with E-state index in [1.165, 1.54) is 36.6 Å². The Labute approximate surface area is 177 Å². The lowest BCUT2D eigenvalue weighted by Gasteiger charge is -2.36. The van der Waals surface area contributed by atoms with E-state index in [4.69, 9.17) is 11.6 Å². The zero-order valence-electron chi connectivity index (χ0n) is 16.7. The maximum Gasteiger partial charge on any atom is 0.223 e. The number of aromatic amines is 1. The van der Waals surface area contributed by atoms with E-state index in [1.54, 1.807) is 0 Å². The van der Waals surface area contributed by atoms with Crippen LogP contribution in [-0.4, -0.2) is 22.3 Å². The molecule has 0 bridgehead atoms. The van der Waals surface area contributed by atoms with E-state index < -0.39 is 0 Å². The number of aromatic nitrogens is 1. The highest BCUT2D eigenvalue weighted by Gasteiger charge is 2.34. The lowest BCUT2D eigenvalue weighted by molar-refractivity contribution is -0.133. The number of hydrogen-bond acceptors (Lipinski definition) is 1. The maximum atomic E-state index is 13.3. The molecule has 1 aliphatic heterocycles. The van der Waals surface area contributed by atoms with Crippen molar-refractivity contribution in [2.24, 2.45) is 5.92 Å². The van der Waals surface area contributed by atoms with Gasteiger partial charge in [0.2, 0.25) is 5.91 Å². The topological polar surface area (TPSA) is 36.1 Å². The summed E-state index contributed by atoms with van der Waals surface area (Å²) in [5, 5.41) is 2.00. The predicted octanol–water partition coefficient (Wildman–Crippen LogP) is 6.27. The van der Waals surface area contributed by atoms with Gasteiger partial charge in [0.25, 0.3) is 0 Å². The number of para-hydroxylation sites is 1. The first-order valence-corrected chi connectivity index (χ1v) is 11.2. The SMILES string of the molecule is O=C(CCC1CCCC1)N1CCc2c([nH]c3ccccc23)[C@H]1c1ccc(Cl)cc1. The second-order valence-corrected chi connectivity index (χ2v) is 8.98. The molecule has 1 fully saturated rings. The molecule has 0 saturated heterocycles. The Hall–Kier alpha value is -2.26. The summed E-state index contributed by atoms with van der Waals surface area (Å²) < 4.78 is 0. The molecule has 4 heteroatoms. The highest BCUT2D eigenvalue weighted by Crippen LogP contribution is 2.39.